The molecule has 4 heteroatoms. The molecule has 13 heavy (non-hydrogen) atoms. The lowest BCUT2D eigenvalue weighted by molar-refractivity contribution is -0.136. The average molecular weight is 183 g/mol. The summed E-state index contributed by atoms with van der Waals surface area (Å²) in [5.41, 5.74) is 0.489. The van der Waals surface area contributed by atoms with Gasteiger partial charge < -0.3 is 9.52 Å². The minimum atomic E-state index is -0.885. The molecule has 0 aliphatic rings. The van der Waals surface area contributed by atoms with E-state index in [9.17, 15) is 4.79 Å². The maximum atomic E-state index is 10.3. The van der Waals surface area contributed by atoms with Crippen LogP contribution < -0.4 is 0 Å². The average Bonchev–Trinajstić information content (AvgIpc) is 2.33. The van der Waals surface area contributed by atoms with Crippen LogP contribution in [0.5, 0.6) is 0 Å². The van der Waals surface area contributed by atoms with Crippen LogP contribution in [0.3, 0.4) is 0 Å². The van der Waals surface area contributed by atoms with Gasteiger partial charge >= 0.3 is 5.97 Å². The van der Waals surface area contributed by atoms with Crippen LogP contribution in [0, 0.1) is 5.92 Å². The van der Waals surface area contributed by atoms with Crippen molar-refractivity contribution in [2.75, 3.05) is 0 Å². The Morgan fingerprint density at radius 1 is 1.69 bits per heavy atom. The van der Waals surface area contributed by atoms with Gasteiger partial charge in [-0.25, -0.2) is 4.98 Å². The van der Waals surface area contributed by atoms with Crippen molar-refractivity contribution < 1.29 is 14.3 Å². The summed E-state index contributed by atoms with van der Waals surface area (Å²) in [6.45, 7) is 4.11. The van der Waals surface area contributed by atoms with Crippen LogP contribution in [0.15, 0.2) is 10.7 Å². The highest BCUT2D eigenvalue weighted by Gasteiger charge is 2.08. The van der Waals surface area contributed by atoms with Gasteiger partial charge in [0.1, 0.15) is 6.26 Å². The number of hydrogen-bond donors (Lipinski definition) is 1. The van der Waals surface area contributed by atoms with Gasteiger partial charge in [-0.05, 0) is 5.92 Å². The quantitative estimate of drug-likeness (QED) is 0.768. The zero-order chi connectivity index (χ0) is 9.84. The summed E-state index contributed by atoms with van der Waals surface area (Å²) in [6.07, 6.45) is 2.09. The Morgan fingerprint density at radius 3 is 2.92 bits per heavy atom. The van der Waals surface area contributed by atoms with Crippen molar-refractivity contribution in [2.45, 2.75) is 26.7 Å². The van der Waals surface area contributed by atoms with Crippen molar-refractivity contribution in [3.8, 4) is 0 Å². The predicted octanol–water partition coefficient (Wildman–Crippen LogP) is 1.50. The van der Waals surface area contributed by atoms with E-state index in [0.717, 1.165) is 6.42 Å². The van der Waals surface area contributed by atoms with Crippen LogP contribution in [0.4, 0.5) is 0 Å². The first-order valence-corrected chi connectivity index (χ1v) is 4.23. The van der Waals surface area contributed by atoms with Crippen molar-refractivity contribution >= 4 is 5.97 Å². The van der Waals surface area contributed by atoms with Crippen LogP contribution >= 0.6 is 0 Å². The van der Waals surface area contributed by atoms with Crippen LogP contribution in [-0.2, 0) is 17.6 Å². The van der Waals surface area contributed by atoms with Gasteiger partial charge in [-0.3, -0.25) is 4.79 Å². The number of rotatable bonds is 4. The number of nitrogens with zero attached hydrogens (tertiary/aromatic N) is 1. The van der Waals surface area contributed by atoms with Gasteiger partial charge in [-0.2, -0.15) is 0 Å². The molecule has 1 N–H and O–H groups in total. The Hall–Kier alpha value is -1.32. The minimum Gasteiger partial charge on any atom is -0.481 e. The van der Waals surface area contributed by atoms with Crippen molar-refractivity contribution in [3.05, 3.63) is 17.8 Å². The Morgan fingerprint density at radius 2 is 2.38 bits per heavy atom. The van der Waals surface area contributed by atoms with Crippen molar-refractivity contribution in [2.24, 2.45) is 5.92 Å². The molecular weight excluding hydrogens is 170 g/mol. The molecule has 0 aliphatic carbocycles. The molecule has 0 unspecified atom stereocenters. The maximum Gasteiger partial charge on any atom is 0.309 e. The maximum absolute atomic E-state index is 10.3. The van der Waals surface area contributed by atoms with Gasteiger partial charge in [-0.15, -0.1) is 0 Å². The first-order valence-electron chi connectivity index (χ1n) is 4.23. The fraction of sp³-hybridized carbons (Fsp3) is 0.556. The number of carboxylic acids is 1. The smallest absolute Gasteiger partial charge is 0.309 e. The van der Waals surface area contributed by atoms with Gasteiger partial charge in [0, 0.05) is 6.42 Å². The summed E-state index contributed by atoms with van der Waals surface area (Å²) in [5.74, 6) is 0.201. The molecule has 0 saturated heterocycles. The fourth-order valence-corrected chi connectivity index (χ4v) is 1.03. The first-order chi connectivity index (χ1) is 6.08. The summed E-state index contributed by atoms with van der Waals surface area (Å²) in [5, 5.41) is 8.48. The Bertz CT molecular complexity index is 291. The van der Waals surface area contributed by atoms with E-state index in [-0.39, 0.29) is 6.42 Å². The molecule has 0 aromatic carbocycles. The third-order valence-corrected chi connectivity index (χ3v) is 1.51. The molecule has 0 amide bonds. The second kappa shape index (κ2) is 4.07. The first kappa shape index (κ1) is 9.77. The van der Waals surface area contributed by atoms with Crippen LogP contribution in [-0.4, -0.2) is 16.1 Å². The van der Waals surface area contributed by atoms with Crippen LogP contribution in [0.25, 0.3) is 0 Å². The van der Waals surface area contributed by atoms with E-state index in [4.69, 9.17) is 9.52 Å². The molecule has 0 saturated carbocycles. The van der Waals surface area contributed by atoms with Crippen molar-refractivity contribution in [3.63, 3.8) is 0 Å². The Balaban J connectivity index is 2.58. The zero-order valence-electron chi connectivity index (χ0n) is 7.78. The van der Waals surface area contributed by atoms with E-state index in [1.54, 1.807) is 0 Å². The second-order valence-electron chi connectivity index (χ2n) is 3.40. The lowest BCUT2D eigenvalue weighted by Gasteiger charge is -1.97. The van der Waals surface area contributed by atoms with Crippen molar-refractivity contribution in [1.82, 2.24) is 4.98 Å². The van der Waals surface area contributed by atoms with E-state index in [1.165, 1.54) is 6.26 Å². The standard InChI is InChI=1S/C9H13NO3/c1-6(2)3-8-10-7(5-13-8)4-9(11)12/h5-6H,3-4H2,1-2H3,(H,11,12). The zero-order valence-corrected chi connectivity index (χ0v) is 7.78. The molecule has 72 valence electrons. The van der Waals surface area contributed by atoms with Crippen LogP contribution in [0.1, 0.15) is 25.4 Å². The van der Waals surface area contributed by atoms with Crippen LogP contribution in [0.2, 0.25) is 0 Å². The monoisotopic (exact) mass is 183 g/mol. The van der Waals surface area contributed by atoms with Gasteiger partial charge in [0.05, 0.1) is 12.1 Å². The van der Waals surface area contributed by atoms with Gasteiger partial charge in [0.25, 0.3) is 0 Å². The van der Waals surface area contributed by atoms with E-state index < -0.39 is 5.97 Å². The molecular formula is C9H13NO3. The molecule has 0 aliphatic heterocycles. The third kappa shape index (κ3) is 3.27. The lowest BCUT2D eigenvalue weighted by Crippen LogP contribution is -2.01. The van der Waals surface area contributed by atoms with Gasteiger partial charge in [-0.1, -0.05) is 13.8 Å². The second-order valence-corrected chi connectivity index (χ2v) is 3.40. The summed E-state index contributed by atoms with van der Waals surface area (Å²) in [7, 11) is 0. The number of oxazole rings is 1. The summed E-state index contributed by atoms with van der Waals surface area (Å²) in [6, 6.07) is 0. The highest BCUT2D eigenvalue weighted by Crippen LogP contribution is 2.08. The molecule has 4 nitrogen and oxygen atoms in total. The number of carboxylic acid groups (broad SMARTS) is 1. The summed E-state index contributed by atoms with van der Waals surface area (Å²) < 4.78 is 5.10. The van der Waals surface area contributed by atoms with E-state index >= 15 is 0 Å². The minimum absolute atomic E-state index is 0.0679. The lowest BCUT2D eigenvalue weighted by atomic mass is 10.1. The van der Waals surface area contributed by atoms with E-state index in [1.807, 2.05) is 0 Å². The number of aliphatic carboxylic acids is 1. The van der Waals surface area contributed by atoms with Crippen molar-refractivity contribution in [1.29, 1.82) is 0 Å². The van der Waals surface area contributed by atoms with E-state index in [2.05, 4.69) is 18.8 Å². The molecule has 0 bridgehead atoms. The topological polar surface area (TPSA) is 63.3 Å². The highest BCUT2D eigenvalue weighted by molar-refractivity contribution is 5.69. The predicted molar refractivity (Wildman–Crippen MR) is 46.4 cm³/mol. The number of hydrogen-bond acceptors (Lipinski definition) is 3. The Labute approximate surface area is 76.6 Å². The van der Waals surface area contributed by atoms with Gasteiger partial charge in [0.15, 0.2) is 5.89 Å². The molecule has 1 aromatic rings. The number of aromatic nitrogens is 1. The highest BCUT2D eigenvalue weighted by atomic mass is 16.4. The molecule has 1 aromatic heterocycles. The Kier molecular flexibility index (Phi) is 3.06. The molecule has 1 heterocycles. The fourth-order valence-electron chi connectivity index (χ4n) is 1.03. The third-order valence-electron chi connectivity index (χ3n) is 1.51. The molecule has 1 rings (SSSR count). The number of carbonyl (C=O) groups is 1. The largest absolute Gasteiger partial charge is 0.481 e. The molecule has 0 atom stereocenters. The molecule has 0 radical (unpaired) electrons. The molecule has 0 spiro atoms. The SMILES string of the molecule is CC(C)Cc1nc(CC(=O)O)co1. The summed E-state index contributed by atoms with van der Waals surface area (Å²) in [4.78, 5) is 14.4. The normalized spacial score (nSPS) is 10.7. The molecule has 0 fully saturated rings. The van der Waals surface area contributed by atoms with E-state index in [0.29, 0.717) is 17.5 Å². The summed E-state index contributed by atoms with van der Waals surface area (Å²) >= 11 is 0. The van der Waals surface area contributed by atoms with Gasteiger partial charge in [0.2, 0.25) is 0 Å².